The van der Waals surface area contributed by atoms with Gasteiger partial charge in [0.05, 0.1) is 5.75 Å². The zero-order chi connectivity index (χ0) is 15.6. The molecule has 2 aromatic rings. The van der Waals surface area contributed by atoms with Crippen molar-refractivity contribution in [3.05, 3.63) is 35.7 Å². The third-order valence-electron chi connectivity index (χ3n) is 4.59. The van der Waals surface area contributed by atoms with Crippen molar-refractivity contribution in [2.75, 3.05) is 17.2 Å². The van der Waals surface area contributed by atoms with E-state index in [0.717, 1.165) is 42.6 Å². The Morgan fingerprint density at radius 2 is 2.00 bits per heavy atom. The van der Waals surface area contributed by atoms with E-state index in [9.17, 15) is 4.79 Å². The molecule has 3 heterocycles. The van der Waals surface area contributed by atoms with Crippen LogP contribution >= 0.6 is 11.8 Å². The summed E-state index contributed by atoms with van der Waals surface area (Å²) < 4.78 is 2.20. The van der Waals surface area contributed by atoms with Crippen LogP contribution in [0.5, 0.6) is 0 Å². The van der Waals surface area contributed by atoms with Gasteiger partial charge in [0.15, 0.2) is 5.16 Å². The number of thioether (sulfide) groups is 1. The second-order valence-corrected chi connectivity index (χ2v) is 7.02. The number of hydrogen-bond acceptors (Lipinski definition) is 4. The van der Waals surface area contributed by atoms with E-state index < -0.39 is 0 Å². The zero-order valence-electron chi connectivity index (χ0n) is 13.1. The van der Waals surface area contributed by atoms with E-state index in [-0.39, 0.29) is 5.91 Å². The molecule has 4 rings (SSSR count). The number of anilines is 1. The molecule has 0 bridgehead atoms. The lowest BCUT2D eigenvalue weighted by Gasteiger charge is -2.17. The maximum atomic E-state index is 12.6. The summed E-state index contributed by atoms with van der Waals surface area (Å²) in [5.41, 5.74) is 2.33. The minimum Gasteiger partial charge on any atom is -0.311 e. The first kappa shape index (κ1) is 14.8. The fourth-order valence-corrected chi connectivity index (χ4v) is 4.23. The smallest absolute Gasteiger partial charge is 0.237 e. The minimum atomic E-state index is 0.158. The number of carbonyl (C=O) groups excluding carboxylic acids is 1. The molecule has 0 saturated carbocycles. The number of aryl methyl sites for hydroxylation is 1. The van der Waals surface area contributed by atoms with Crippen molar-refractivity contribution in [3.63, 3.8) is 0 Å². The summed E-state index contributed by atoms with van der Waals surface area (Å²) in [4.78, 5) is 14.5. The lowest BCUT2D eigenvalue weighted by atomic mass is 10.2. The highest BCUT2D eigenvalue weighted by Gasteiger charge is 2.25. The molecule has 1 amide bonds. The SMILES string of the molecule is O=C(CSc1nnc2n1CCCCC2)N1CCc2ccccc21. The highest BCUT2D eigenvalue weighted by molar-refractivity contribution is 7.99. The largest absolute Gasteiger partial charge is 0.311 e. The number of fused-ring (bicyclic) bond motifs is 2. The topological polar surface area (TPSA) is 51.0 Å². The molecular weight excluding hydrogens is 308 g/mol. The van der Waals surface area contributed by atoms with Crippen molar-refractivity contribution in [1.82, 2.24) is 14.8 Å². The molecule has 1 aromatic heterocycles. The number of aromatic nitrogens is 3. The Morgan fingerprint density at radius 3 is 2.96 bits per heavy atom. The van der Waals surface area contributed by atoms with E-state index in [1.807, 2.05) is 23.1 Å². The van der Waals surface area contributed by atoms with Crippen LogP contribution in [-0.4, -0.2) is 33.0 Å². The molecule has 0 unspecified atom stereocenters. The van der Waals surface area contributed by atoms with E-state index in [0.29, 0.717) is 5.75 Å². The third-order valence-corrected chi connectivity index (χ3v) is 5.54. The highest BCUT2D eigenvalue weighted by Crippen LogP contribution is 2.29. The molecule has 23 heavy (non-hydrogen) atoms. The molecule has 0 saturated heterocycles. The zero-order valence-corrected chi connectivity index (χ0v) is 13.9. The molecule has 120 valence electrons. The van der Waals surface area contributed by atoms with Gasteiger partial charge >= 0.3 is 0 Å². The van der Waals surface area contributed by atoms with E-state index in [1.165, 1.54) is 36.6 Å². The fraction of sp³-hybridized carbons (Fsp3) is 0.471. The van der Waals surface area contributed by atoms with Gasteiger partial charge in [-0.05, 0) is 30.9 Å². The molecule has 0 radical (unpaired) electrons. The van der Waals surface area contributed by atoms with Crippen LogP contribution in [0, 0.1) is 0 Å². The van der Waals surface area contributed by atoms with Crippen LogP contribution in [0.3, 0.4) is 0 Å². The van der Waals surface area contributed by atoms with E-state index in [1.54, 1.807) is 0 Å². The van der Waals surface area contributed by atoms with Crippen LogP contribution in [0.2, 0.25) is 0 Å². The Kier molecular flexibility index (Phi) is 4.08. The Morgan fingerprint density at radius 1 is 1.09 bits per heavy atom. The maximum absolute atomic E-state index is 12.6. The molecule has 2 aliphatic heterocycles. The summed E-state index contributed by atoms with van der Waals surface area (Å²) in [6, 6.07) is 8.17. The predicted molar refractivity (Wildman–Crippen MR) is 90.8 cm³/mol. The average molecular weight is 328 g/mol. The van der Waals surface area contributed by atoms with Crippen LogP contribution < -0.4 is 4.90 Å². The Hall–Kier alpha value is -1.82. The van der Waals surface area contributed by atoms with Gasteiger partial charge in [0, 0.05) is 25.2 Å². The second-order valence-electron chi connectivity index (χ2n) is 6.07. The summed E-state index contributed by atoms with van der Waals surface area (Å²) in [5.74, 6) is 1.65. The average Bonchev–Trinajstić information content (AvgIpc) is 3.10. The molecule has 1 aromatic carbocycles. The molecule has 0 fully saturated rings. The Bertz CT molecular complexity index is 727. The summed E-state index contributed by atoms with van der Waals surface area (Å²) >= 11 is 1.52. The van der Waals surface area contributed by atoms with Gasteiger partial charge in [-0.2, -0.15) is 0 Å². The van der Waals surface area contributed by atoms with Crippen LogP contribution in [-0.2, 0) is 24.2 Å². The van der Waals surface area contributed by atoms with Gasteiger partial charge in [-0.15, -0.1) is 10.2 Å². The molecule has 5 nitrogen and oxygen atoms in total. The van der Waals surface area contributed by atoms with E-state index in [4.69, 9.17) is 0 Å². The standard InChI is InChI=1S/C17H20N4OS/c22-16(20-11-9-13-6-3-4-7-14(13)20)12-23-17-19-18-15-8-2-1-5-10-21(15)17/h3-4,6-7H,1-2,5,8-12H2. The van der Waals surface area contributed by atoms with E-state index in [2.05, 4.69) is 20.8 Å². The molecular formula is C17H20N4OS. The van der Waals surface area contributed by atoms with Crippen molar-refractivity contribution in [3.8, 4) is 0 Å². The normalized spacial score (nSPS) is 16.8. The van der Waals surface area contributed by atoms with Crippen molar-refractivity contribution in [2.24, 2.45) is 0 Å². The van der Waals surface area contributed by atoms with Crippen LogP contribution in [0.1, 0.15) is 30.7 Å². The van der Waals surface area contributed by atoms with Gasteiger partial charge in [-0.3, -0.25) is 4.79 Å². The fourth-order valence-electron chi connectivity index (χ4n) is 3.37. The van der Waals surface area contributed by atoms with Crippen molar-refractivity contribution in [2.45, 2.75) is 43.8 Å². The van der Waals surface area contributed by atoms with Gasteiger partial charge in [0.1, 0.15) is 5.82 Å². The number of nitrogens with zero attached hydrogens (tertiary/aromatic N) is 4. The quantitative estimate of drug-likeness (QED) is 0.813. The summed E-state index contributed by atoms with van der Waals surface area (Å²) in [6.45, 7) is 1.77. The number of amides is 1. The molecule has 0 atom stereocenters. The van der Waals surface area contributed by atoms with Gasteiger partial charge in [0.2, 0.25) is 5.91 Å². The molecule has 2 aliphatic rings. The van der Waals surface area contributed by atoms with Crippen molar-refractivity contribution in [1.29, 1.82) is 0 Å². The Balaban J connectivity index is 1.44. The predicted octanol–water partition coefficient (Wildman–Crippen LogP) is 2.69. The molecule has 0 spiro atoms. The second kappa shape index (κ2) is 6.35. The van der Waals surface area contributed by atoms with Gasteiger partial charge < -0.3 is 9.47 Å². The Labute approximate surface area is 140 Å². The lowest BCUT2D eigenvalue weighted by molar-refractivity contribution is -0.116. The number of benzene rings is 1. The number of carbonyl (C=O) groups is 1. The minimum absolute atomic E-state index is 0.158. The first-order valence-electron chi connectivity index (χ1n) is 8.26. The van der Waals surface area contributed by atoms with Crippen LogP contribution in [0.25, 0.3) is 0 Å². The van der Waals surface area contributed by atoms with E-state index >= 15 is 0 Å². The summed E-state index contributed by atoms with van der Waals surface area (Å²) in [7, 11) is 0. The number of rotatable bonds is 3. The number of para-hydroxylation sites is 1. The highest BCUT2D eigenvalue weighted by atomic mass is 32.2. The molecule has 0 aliphatic carbocycles. The first-order valence-corrected chi connectivity index (χ1v) is 9.24. The van der Waals surface area contributed by atoms with Gasteiger partial charge in [0.25, 0.3) is 0 Å². The van der Waals surface area contributed by atoms with Gasteiger partial charge in [-0.1, -0.05) is 36.4 Å². The summed E-state index contributed by atoms with van der Waals surface area (Å²) in [6.07, 6.45) is 5.56. The molecule has 0 N–H and O–H groups in total. The van der Waals surface area contributed by atoms with Crippen LogP contribution in [0.4, 0.5) is 5.69 Å². The van der Waals surface area contributed by atoms with Crippen LogP contribution in [0.15, 0.2) is 29.4 Å². The first-order chi connectivity index (χ1) is 11.3. The summed E-state index contributed by atoms with van der Waals surface area (Å²) in [5, 5.41) is 9.47. The lowest BCUT2D eigenvalue weighted by Crippen LogP contribution is -2.30. The van der Waals surface area contributed by atoms with Gasteiger partial charge in [-0.25, -0.2) is 0 Å². The maximum Gasteiger partial charge on any atom is 0.237 e. The third kappa shape index (κ3) is 2.87. The van der Waals surface area contributed by atoms with Crippen molar-refractivity contribution >= 4 is 23.4 Å². The van der Waals surface area contributed by atoms with Crippen molar-refractivity contribution < 1.29 is 4.79 Å². The molecule has 6 heteroatoms. The monoisotopic (exact) mass is 328 g/mol. The number of hydrogen-bond donors (Lipinski definition) is 0.